The number of nitrogens with zero attached hydrogens (tertiary/aromatic N) is 2. The van der Waals surface area contributed by atoms with Crippen LogP contribution < -0.4 is 0 Å². The van der Waals surface area contributed by atoms with E-state index in [1.54, 1.807) is 19.2 Å². The van der Waals surface area contributed by atoms with Gasteiger partial charge >= 0.3 is 0 Å². The summed E-state index contributed by atoms with van der Waals surface area (Å²) >= 11 is 9.29. The molecule has 0 saturated heterocycles. The summed E-state index contributed by atoms with van der Waals surface area (Å²) in [5.74, 6) is -0.512. The van der Waals surface area contributed by atoms with E-state index in [4.69, 9.17) is 16.3 Å². The maximum Gasteiger partial charge on any atom is 0.130 e. The third-order valence-corrected chi connectivity index (χ3v) is 3.86. The Morgan fingerprint density at radius 3 is 2.95 bits per heavy atom. The number of hydrogen-bond acceptors (Lipinski definition) is 3. The summed E-state index contributed by atoms with van der Waals surface area (Å²) in [5, 5.41) is 14.8. The number of benzene rings is 1. The molecule has 2 aromatic rings. The first-order chi connectivity index (χ1) is 9.56. The first-order valence-electron chi connectivity index (χ1n) is 5.88. The fraction of sp³-hybridized carbons (Fsp3) is 0.308. The van der Waals surface area contributed by atoms with Crippen molar-refractivity contribution in [2.75, 3.05) is 13.7 Å². The highest BCUT2D eigenvalue weighted by Gasteiger charge is 2.24. The Kier molecular flexibility index (Phi) is 5.15. The molecule has 0 saturated carbocycles. The summed E-state index contributed by atoms with van der Waals surface area (Å²) in [6, 6.07) is 4.50. The van der Waals surface area contributed by atoms with Crippen LogP contribution in [0.3, 0.4) is 0 Å². The van der Waals surface area contributed by atoms with Crippen molar-refractivity contribution >= 4 is 27.5 Å². The van der Waals surface area contributed by atoms with Crippen LogP contribution in [0, 0.1) is 5.82 Å². The highest BCUT2D eigenvalue weighted by molar-refractivity contribution is 9.10. The summed E-state index contributed by atoms with van der Waals surface area (Å²) in [5.41, 5.74) is 0.475. The Labute approximate surface area is 129 Å². The molecule has 0 aliphatic rings. The summed E-state index contributed by atoms with van der Waals surface area (Å²) < 4.78 is 20.9. The van der Waals surface area contributed by atoms with E-state index >= 15 is 0 Å². The number of rotatable bonds is 5. The minimum atomic E-state index is -1.21. The van der Waals surface area contributed by atoms with Gasteiger partial charge in [0.1, 0.15) is 11.9 Å². The Morgan fingerprint density at radius 1 is 1.55 bits per heavy atom. The van der Waals surface area contributed by atoms with Gasteiger partial charge in [0.2, 0.25) is 0 Å². The van der Waals surface area contributed by atoms with Crippen molar-refractivity contribution < 1.29 is 14.2 Å². The monoisotopic (exact) mass is 362 g/mol. The van der Waals surface area contributed by atoms with Gasteiger partial charge in [-0.1, -0.05) is 33.6 Å². The lowest BCUT2D eigenvalue weighted by Crippen LogP contribution is -2.14. The van der Waals surface area contributed by atoms with Crippen LogP contribution in [-0.2, 0) is 11.3 Å². The second kappa shape index (κ2) is 6.67. The average molecular weight is 364 g/mol. The van der Waals surface area contributed by atoms with Crippen molar-refractivity contribution in [3.8, 4) is 0 Å². The van der Waals surface area contributed by atoms with Crippen LogP contribution in [-0.4, -0.2) is 28.6 Å². The van der Waals surface area contributed by atoms with E-state index in [1.807, 2.05) is 0 Å². The first-order valence-corrected chi connectivity index (χ1v) is 7.05. The van der Waals surface area contributed by atoms with Gasteiger partial charge in [0.05, 0.1) is 30.1 Å². The van der Waals surface area contributed by atoms with Crippen molar-refractivity contribution in [2.24, 2.45) is 0 Å². The molecule has 4 nitrogen and oxygen atoms in total. The molecule has 2 rings (SSSR count). The molecule has 0 spiro atoms. The molecule has 0 amide bonds. The normalized spacial score (nSPS) is 12.7. The van der Waals surface area contributed by atoms with Crippen LogP contribution in [0.4, 0.5) is 4.39 Å². The third-order valence-electron chi connectivity index (χ3n) is 2.87. The number of aromatic nitrogens is 2. The predicted molar refractivity (Wildman–Crippen MR) is 77.3 cm³/mol. The predicted octanol–water partition coefficient (Wildman–Crippen LogP) is 3.17. The molecular formula is C13H13BrClFN2O2. The van der Waals surface area contributed by atoms with Crippen LogP contribution in [0.1, 0.15) is 17.4 Å². The van der Waals surface area contributed by atoms with Gasteiger partial charge in [-0.25, -0.2) is 4.39 Å². The lowest BCUT2D eigenvalue weighted by atomic mass is 10.1. The summed E-state index contributed by atoms with van der Waals surface area (Å²) in [6.07, 6.45) is 0.210. The number of methoxy groups -OCH3 is 1. The number of halogens is 3. The molecule has 1 heterocycles. The molecule has 0 bridgehead atoms. The summed E-state index contributed by atoms with van der Waals surface area (Å²) in [4.78, 5) is 0. The first kappa shape index (κ1) is 15.4. The van der Waals surface area contributed by atoms with Gasteiger partial charge in [-0.05, 0) is 12.1 Å². The van der Waals surface area contributed by atoms with Crippen molar-refractivity contribution in [1.82, 2.24) is 9.78 Å². The van der Waals surface area contributed by atoms with Crippen LogP contribution in [0.5, 0.6) is 0 Å². The largest absolute Gasteiger partial charge is 0.383 e. The van der Waals surface area contributed by atoms with E-state index in [2.05, 4.69) is 21.0 Å². The Balaban J connectivity index is 2.43. The molecule has 1 unspecified atom stereocenters. The zero-order valence-corrected chi connectivity index (χ0v) is 13.0. The molecule has 0 fully saturated rings. The number of aliphatic hydroxyl groups is 1. The SMILES string of the molecule is COCCn1ncc(Cl)c1C(O)c1c(F)cccc1Br. The molecule has 0 aliphatic carbocycles. The van der Waals surface area contributed by atoms with Gasteiger partial charge in [0.15, 0.2) is 0 Å². The molecule has 108 valence electrons. The zero-order valence-electron chi connectivity index (χ0n) is 10.7. The van der Waals surface area contributed by atoms with Crippen LogP contribution in [0.2, 0.25) is 5.02 Å². The van der Waals surface area contributed by atoms with Gasteiger partial charge in [0.25, 0.3) is 0 Å². The van der Waals surface area contributed by atoms with E-state index in [-0.39, 0.29) is 10.6 Å². The molecule has 20 heavy (non-hydrogen) atoms. The van der Waals surface area contributed by atoms with Crippen molar-refractivity contribution in [1.29, 1.82) is 0 Å². The van der Waals surface area contributed by atoms with E-state index in [1.165, 1.54) is 16.9 Å². The number of hydrogen-bond donors (Lipinski definition) is 1. The van der Waals surface area contributed by atoms with E-state index in [9.17, 15) is 9.50 Å². The Morgan fingerprint density at radius 2 is 2.30 bits per heavy atom. The zero-order chi connectivity index (χ0) is 14.7. The molecule has 1 aromatic heterocycles. The minimum Gasteiger partial charge on any atom is -0.383 e. The summed E-state index contributed by atoms with van der Waals surface area (Å²) in [7, 11) is 1.56. The van der Waals surface area contributed by atoms with Crippen LogP contribution >= 0.6 is 27.5 Å². The molecule has 0 aliphatic heterocycles. The maximum atomic E-state index is 13.9. The second-order valence-electron chi connectivity index (χ2n) is 4.13. The quantitative estimate of drug-likeness (QED) is 0.887. The standard InChI is InChI=1S/C13H13BrClFN2O2/c1-20-6-5-18-12(9(15)7-17-18)13(19)11-8(14)3-2-4-10(11)16/h2-4,7,13,19H,5-6H2,1H3. The molecule has 0 radical (unpaired) electrons. The number of aliphatic hydroxyl groups excluding tert-OH is 1. The van der Waals surface area contributed by atoms with E-state index in [0.717, 1.165) is 0 Å². The van der Waals surface area contributed by atoms with Gasteiger partial charge in [0, 0.05) is 17.1 Å². The second-order valence-corrected chi connectivity index (χ2v) is 5.39. The topological polar surface area (TPSA) is 47.3 Å². The van der Waals surface area contributed by atoms with Gasteiger partial charge in [-0.2, -0.15) is 5.10 Å². The van der Waals surface area contributed by atoms with Gasteiger partial charge in [-0.15, -0.1) is 0 Å². The molecule has 7 heteroatoms. The highest BCUT2D eigenvalue weighted by Crippen LogP contribution is 2.33. The lowest BCUT2D eigenvalue weighted by Gasteiger charge is -2.16. The van der Waals surface area contributed by atoms with Crippen LogP contribution in [0.25, 0.3) is 0 Å². The smallest absolute Gasteiger partial charge is 0.130 e. The molecule has 1 aromatic carbocycles. The van der Waals surface area contributed by atoms with Crippen molar-refractivity contribution in [2.45, 2.75) is 12.6 Å². The van der Waals surface area contributed by atoms with E-state index in [0.29, 0.717) is 23.3 Å². The van der Waals surface area contributed by atoms with Gasteiger partial charge in [-0.3, -0.25) is 4.68 Å². The maximum absolute atomic E-state index is 13.9. The number of ether oxygens (including phenoxy) is 1. The van der Waals surface area contributed by atoms with Crippen molar-refractivity contribution in [3.63, 3.8) is 0 Å². The Hall–Kier alpha value is -0.950. The highest BCUT2D eigenvalue weighted by atomic mass is 79.9. The lowest BCUT2D eigenvalue weighted by molar-refractivity contribution is 0.170. The van der Waals surface area contributed by atoms with E-state index < -0.39 is 11.9 Å². The van der Waals surface area contributed by atoms with Crippen molar-refractivity contribution in [3.05, 3.63) is 51.0 Å². The third kappa shape index (κ3) is 3.03. The molecule has 1 N–H and O–H groups in total. The van der Waals surface area contributed by atoms with Gasteiger partial charge < -0.3 is 9.84 Å². The molecular weight excluding hydrogens is 351 g/mol. The Bertz CT molecular complexity index is 586. The molecule has 1 atom stereocenters. The van der Waals surface area contributed by atoms with Crippen LogP contribution in [0.15, 0.2) is 28.9 Å². The minimum absolute atomic E-state index is 0.133. The average Bonchev–Trinajstić information content (AvgIpc) is 2.77. The fourth-order valence-electron chi connectivity index (χ4n) is 1.91. The fourth-order valence-corrected chi connectivity index (χ4v) is 2.71. The summed E-state index contributed by atoms with van der Waals surface area (Å²) in [6.45, 7) is 0.831.